The van der Waals surface area contributed by atoms with Gasteiger partial charge in [0.15, 0.2) is 6.61 Å². The maximum absolute atomic E-state index is 12.5. The maximum Gasteiger partial charge on any atom is 0.314 e. The summed E-state index contributed by atoms with van der Waals surface area (Å²) in [6.45, 7) is 5.75. The zero-order chi connectivity index (χ0) is 18.2. The molecule has 2 aromatic carbocycles. The fourth-order valence-electron chi connectivity index (χ4n) is 2.65. The second kappa shape index (κ2) is 9.02. The Kier molecular flexibility index (Phi) is 6.75. The Morgan fingerprint density at radius 3 is 2.28 bits per heavy atom. The van der Waals surface area contributed by atoms with E-state index >= 15 is 0 Å². The molecule has 4 nitrogen and oxygen atoms in total. The Morgan fingerprint density at radius 1 is 1.04 bits per heavy atom. The molecule has 1 N–H and O–H groups in total. The molecule has 132 valence electrons. The number of rotatable bonds is 7. The third kappa shape index (κ3) is 5.45. The second-order valence-corrected chi connectivity index (χ2v) is 6.30. The molecule has 4 heteroatoms. The number of carbonyl (C=O) groups is 2. The van der Waals surface area contributed by atoms with Crippen LogP contribution in [0.5, 0.6) is 0 Å². The van der Waals surface area contributed by atoms with E-state index in [2.05, 4.69) is 5.32 Å². The summed E-state index contributed by atoms with van der Waals surface area (Å²) in [6, 6.07) is 17.0. The summed E-state index contributed by atoms with van der Waals surface area (Å²) in [5.41, 5.74) is 2.72. The number of carbonyl (C=O) groups excluding carboxylic acids is 2. The van der Waals surface area contributed by atoms with Gasteiger partial charge in [0.25, 0.3) is 5.91 Å². The normalized spacial score (nSPS) is 12.9. The van der Waals surface area contributed by atoms with Crippen molar-refractivity contribution in [2.24, 2.45) is 5.92 Å². The maximum atomic E-state index is 12.5. The number of esters is 1. The summed E-state index contributed by atoms with van der Waals surface area (Å²) >= 11 is 0. The molecule has 0 unspecified atom stereocenters. The van der Waals surface area contributed by atoms with Crippen LogP contribution in [0.2, 0.25) is 0 Å². The molecular weight excluding hydrogens is 314 g/mol. The third-order valence-corrected chi connectivity index (χ3v) is 4.31. The molecule has 0 saturated carbocycles. The molecule has 0 spiro atoms. The number of hydrogen-bond donors (Lipinski definition) is 1. The van der Waals surface area contributed by atoms with Crippen LogP contribution in [-0.2, 0) is 14.3 Å². The first kappa shape index (κ1) is 18.7. The average Bonchev–Trinajstić information content (AvgIpc) is 2.63. The largest absolute Gasteiger partial charge is 0.455 e. The van der Waals surface area contributed by atoms with Gasteiger partial charge in [-0.05, 0) is 30.5 Å². The third-order valence-electron chi connectivity index (χ3n) is 4.31. The van der Waals surface area contributed by atoms with Gasteiger partial charge in [0.2, 0.25) is 0 Å². The molecule has 2 rings (SSSR count). The minimum atomic E-state index is -0.363. The van der Waals surface area contributed by atoms with Crippen LogP contribution < -0.4 is 5.32 Å². The highest BCUT2D eigenvalue weighted by atomic mass is 16.5. The van der Waals surface area contributed by atoms with E-state index in [-0.39, 0.29) is 30.3 Å². The summed E-state index contributed by atoms with van der Waals surface area (Å²) in [4.78, 5) is 24.6. The number of aryl methyl sites for hydroxylation is 1. The number of anilines is 1. The van der Waals surface area contributed by atoms with E-state index in [0.29, 0.717) is 5.69 Å². The quantitative estimate of drug-likeness (QED) is 0.765. The SMILES string of the molecule is CC[C@H](C)[C@H](C(=O)OCC(=O)Nc1ccc(C)cc1)c1ccccc1. The van der Waals surface area contributed by atoms with E-state index < -0.39 is 0 Å². The summed E-state index contributed by atoms with van der Waals surface area (Å²) < 4.78 is 5.29. The summed E-state index contributed by atoms with van der Waals surface area (Å²) in [6.07, 6.45) is 0.851. The molecule has 2 aromatic rings. The van der Waals surface area contributed by atoms with Crippen molar-refractivity contribution in [1.29, 1.82) is 0 Å². The zero-order valence-corrected chi connectivity index (χ0v) is 15.0. The Morgan fingerprint density at radius 2 is 1.68 bits per heavy atom. The minimum Gasteiger partial charge on any atom is -0.455 e. The molecule has 0 aliphatic carbocycles. The Balaban J connectivity index is 1.96. The Hall–Kier alpha value is -2.62. The number of ether oxygens (including phenoxy) is 1. The van der Waals surface area contributed by atoms with E-state index in [9.17, 15) is 9.59 Å². The van der Waals surface area contributed by atoms with Crippen LogP contribution in [0.3, 0.4) is 0 Å². The van der Waals surface area contributed by atoms with Gasteiger partial charge in [0.05, 0.1) is 5.92 Å². The molecule has 0 aliphatic rings. The molecule has 2 atom stereocenters. The molecule has 25 heavy (non-hydrogen) atoms. The average molecular weight is 339 g/mol. The highest BCUT2D eigenvalue weighted by Gasteiger charge is 2.27. The lowest BCUT2D eigenvalue weighted by Crippen LogP contribution is -2.26. The molecule has 0 bridgehead atoms. The molecule has 0 aliphatic heterocycles. The second-order valence-electron chi connectivity index (χ2n) is 6.30. The van der Waals surface area contributed by atoms with E-state index in [1.807, 2.05) is 75.4 Å². The van der Waals surface area contributed by atoms with Crippen molar-refractivity contribution in [2.75, 3.05) is 11.9 Å². The van der Waals surface area contributed by atoms with Crippen LogP contribution in [0.25, 0.3) is 0 Å². The first-order valence-electron chi connectivity index (χ1n) is 8.59. The van der Waals surface area contributed by atoms with E-state index in [4.69, 9.17) is 4.74 Å². The lowest BCUT2D eigenvalue weighted by molar-refractivity contribution is -0.150. The van der Waals surface area contributed by atoms with E-state index in [0.717, 1.165) is 17.5 Å². The van der Waals surface area contributed by atoms with Gasteiger partial charge in [-0.25, -0.2) is 0 Å². The molecule has 0 aromatic heterocycles. The van der Waals surface area contributed by atoms with Gasteiger partial charge in [-0.1, -0.05) is 68.3 Å². The Labute approximate surface area is 149 Å². The van der Waals surface area contributed by atoms with Crippen LogP contribution in [0.1, 0.15) is 37.3 Å². The van der Waals surface area contributed by atoms with Crippen molar-refractivity contribution < 1.29 is 14.3 Å². The fourth-order valence-corrected chi connectivity index (χ4v) is 2.65. The molecule has 0 fully saturated rings. The van der Waals surface area contributed by atoms with Crippen LogP contribution in [0.4, 0.5) is 5.69 Å². The van der Waals surface area contributed by atoms with Gasteiger partial charge >= 0.3 is 5.97 Å². The van der Waals surface area contributed by atoms with Gasteiger partial charge < -0.3 is 10.1 Å². The topological polar surface area (TPSA) is 55.4 Å². The standard InChI is InChI=1S/C21H25NO3/c1-4-16(3)20(17-8-6-5-7-9-17)21(24)25-14-19(23)22-18-12-10-15(2)11-13-18/h5-13,16,20H,4,14H2,1-3H3,(H,22,23)/t16-,20-/m0/s1. The van der Waals surface area contributed by atoms with Crippen molar-refractivity contribution in [1.82, 2.24) is 0 Å². The van der Waals surface area contributed by atoms with Gasteiger partial charge in [-0.2, -0.15) is 0 Å². The highest BCUT2D eigenvalue weighted by Crippen LogP contribution is 2.28. The zero-order valence-electron chi connectivity index (χ0n) is 15.0. The molecule has 1 amide bonds. The van der Waals surface area contributed by atoms with Crippen molar-refractivity contribution in [2.45, 2.75) is 33.1 Å². The predicted molar refractivity (Wildman–Crippen MR) is 99.4 cm³/mol. The lowest BCUT2D eigenvalue weighted by Gasteiger charge is -2.21. The van der Waals surface area contributed by atoms with Crippen LogP contribution in [0, 0.1) is 12.8 Å². The van der Waals surface area contributed by atoms with E-state index in [1.165, 1.54) is 0 Å². The smallest absolute Gasteiger partial charge is 0.314 e. The highest BCUT2D eigenvalue weighted by molar-refractivity contribution is 5.93. The van der Waals surface area contributed by atoms with Gasteiger partial charge in [-0.15, -0.1) is 0 Å². The number of hydrogen-bond acceptors (Lipinski definition) is 3. The van der Waals surface area contributed by atoms with Gasteiger partial charge in [0.1, 0.15) is 0 Å². The summed E-state index contributed by atoms with van der Waals surface area (Å²) in [7, 11) is 0. The monoisotopic (exact) mass is 339 g/mol. The van der Waals surface area contributed by atoms with Crippen molar-refractivity contribution >= 4 is 17.6 Å². The van der Waals surface area contributed by atoms with Gasteiger partial charge in [-0.3, -0.25) is 9.59 Å². The van der Waals surface area contributed by atoms with Crippen LogP contribution in [-0.4, -0.2) is 18.5 Å². The van der Waals surface area contributed by atoms with Crippen LogP contribution >= 0.6 is 0 Å². The molecule has 0 heterocycles. The fraction of sp³-hybridized carbons (Fsp3) is 0.333. The number of benzene rings is 2. The van der Waals surface area contributed by atoms with Crippen molar-refractivity contribution in [3.05, 3.63) is 65.7 Å². The lowest BCUT2D eigenvalue weighted by atomic mass is 9.86. The number of amides is 1. The van der Waals surface area contributed by atoms with Crippen molar-refractivity contribution in [3.63, 3.8) is 0 Å². The van der Waals surface area contributed by atoms with Crippen molar-refractivity contribution in [3.8, 4) is 0 Å². The minimum absolute atomic E-state index is 0.134. The first-order chi connectivity index (χ1) is 12.0. The van der Waals surface area contributed by atoms with E-state index in [1.54, 1.807) is 0 Å². The predicted octanol–water partition coefficient (Wildman–Crippen LogP) is 4.31. The molecule has 0 saturated heterocycles. The first-order valence-corrected chi connectivity index (χ1v) is 8.59. The molecule has 0 radical (unpaired) electrons. The van der Waals surface area contributed by atoms with Crippen LogP contribution in [0.15, 0.2) is 54.6 Å². The number of nitrogens with one attached hydrogen (secondary N) is 1. The Bertz CT molecular complexity index is 695. The summed E-state index contributed by atoms with van der Waals surface area (Å²) in [5.74, 6) is -0.929. The molecular formula is C21H25NO3. The van der Waals surface area contributed by atoms with Gasteiger partial charge in [0, 0.05) is 5.69 Å². The summed E-state index contributed by atoms with van der Waals surface area (Å²) in [5, 5.41) is 2.73.